The summed E-state index contributed by atoms with van der Waals surface area (Å²) in [6, 6.07) is 12.6. The Balaban J connectivity index is 2.23. The molecule has 0 aliphatic carbocycles. The third kappa shape index (κ3) is 4.32. The molecule has 0 heterocycles. The van der Waals surface area contributed by atoms with Crippen LogP contribution in [0.5, 0.6) is 5.75 Å². The average molecular weight is 312 g/mol. The van der Waals surface area contributed by atoms with E-state index in [9.17, 15) is 9.59 Å². The highest BCUT2D eigenvalue weighted by Crippen LogP contribution is 2.24. The van der Waals surface area contributed by atoms with Crippen molar-refractivity contribution >= 4 is 23.2 Å². The number of nitrogens with one attached hydrogen (secondary N) is 2. The van der Waals surface area contributed by atoms with Crippen LogP contribution in [0.4, 0.5) is 11.4 Å². The van der Waals surface area contributed by atoms with Crippen LogP contribution in [0.2, 0.25) is 0 Å². The van der Waals surface area contributed by atoms with Gasteiger partial charge in [0.25, 0.3) is 5.91 Å². The first kappa shape index (κ1) is 16.5. The van der Waals surface area contributed by atoms with Crippen LogP contribution in [0.3, 0.4) is 0 Å². The van der Waals surface area contributed by atoms with Gasteiger partial charge in [0.15, 0.2) is 0 Å². The Hall–Kier alpha value is -2.82. The first-order valence-corrected chi connectivity index (χ1v) is 7.39. The molecular weight excluding hydrogens is 292 g/mol. The summed E-state index contributed by atoms with van der Waals surface area (Å²) in [4.78, 5) is 23.6. The van der Waals surface area contributed by atoms with Gasteiger partial charge in [-0.1, -0.05) is 19.1 Å². The van der Waals surface area contributed by atoms with Crippen molar-refractivity contribution in [1.29, 1.82) is 0 Å². The van der Waals surface area contributed by atoms with Crippen LogP contribution < -0.4 is 15.4 Å². The Morgan fingerprint density at radius 2 is 1.65 bits per heavy atom. The predicted molar refractivity (Wildman–Crippen MR) is 91.1 cm³/mol. The fourth-order valence-electron chi connectivity index (χ4n) is 2.19. The molecule has 5 heteroatoms. The third-order valence-electron chi connectivity index (χ3n) is 3.38. The van der Waals surface area contributed by atoms with Gasteiger partial charge in [-0.3, -0.25) is 9.59 Å². The van der Waals surface area contributed by atoms with Crippen LogP contribution in [-0.4, -0.2) is 18.9 Å². The maximum absolute atomic E-state index is 12.5. The quantitative estimate of drug-likeness (QED) is 0.888. The summed E-state index contributed by atoms with van der Waals surface area (Å²) >= 11 is 0. The zero-order valence-electron chi connectivity index (χ0n) is 13.5. The molecule has 0 aromatic heterocycles. The molecule has 2 N–H and O–H groups in total. The molecule has 0 saturated carbocycles. The minimum Gasteiger partial charge on any atom is -0.496 e. The highest BCUT2D eigenvalue weighted by molar-refractivity contribution is 6.07. The molecule has 0 atom stereocenters. The second kappa shape index (κ2) is 7.45. The fraction of sp³-hybridized carbons (Fsp3) is 0.222. The van der Waals surface area contributed by atoms with Crippen molar-refractivity contribution in [3.8, 4) is 5.75 Å². The smallest absolute Gasteiger partial charge is 0.259 e. The van der Waals surface area contributed by atoms with Gasteiger partial charge in [-0.2, -0.15) is 0 Å². The maximum Gasteiger partial charge on any atom is 0.259 e. The summed E-state index contributed by atoms with van der Waals surface area (Å²) in [6.45, 7) is 3.49. The number of hydrogen-bond acceptors (Lipinski definition) is 3. The molecule has 2 aromatic carbocycles. The molecule has 2 amide bonds. The number of rotatable bonds is 5. The lowest BCUT2D eigenvalue weighted by molar-refractivity contribution is -0.114. The number of carbonyl (C=O) groups excluding carboxylic acids is 2. The number of hydrogen-bond donors (Lipinski definition) is 2. The highest BCUT2D eigenvalue weighted by atomic mass is 16.5. The minimum atomic E-state index is -0.293. The van der Waals surface area contributed by atoms with E-state index >= 15 is 0 Å². The fourth-order valence-corrected chi connectivity index (χ4v) is 2.19. The van der Waals surface area contributed by atoms with Gasteiger partial charge in [0.2, 0.25) is 5.91 Å². The first-order chi connectivity index (χ1) is 11.0. The van der Waals surface area contributed by atoms with Crippen LogP contribution in [0, 0.1) is 0 Å². The van der Waals surface area contributed by atoms with Gasteiger partial charge < -0.3 is 15.4 Å². The van der Waals surface area contributed by atoms with E-state index in [4.69, 9.17) is 4.74 Å². The molecule has 0 aliphatic heterocycles. The molecular formula is C18H20N2O3. The monoisotopic (exact) mass is 312 g/mol. The number of ether oxygens (including phenoxy) is 1. The summed E-state index contributed by atoms with van der Waals surface area (Å²) in [6.07, 6.45) is 0.945. The molecule has 0 aliphatic rings. The Morgan fingerprint density at radius 1 is 1.00 bits per heavy atom. The number of anilines is 2. The molecule has 0 saturated heterocycles. The SMILES string of the molecule is CCc1ccc(NC(=O)c2cc(NC(C)=O)ccc2OC)cc1. The Bertz CT molecular complexity index is 709. The van der Waals surface area contributed by atoms with Crippen molar-refractivity contribution in [1.82, 2.24) is 0 Å². The topological polar surface area (TPSA) is 67.4 Å². The van der Waals surface area contributed by atoms with Crippen LogP contribution in [0.25, 0.3) is 0 Å². The summed E-state index contributed by atoms with van der Waals surface area (Å²) in [5.41, 5.74) is 2.82. The van der Waals surface area contributed by atoms with E-state index in [1.165, 1.54) is 19.6 Å². The van der Waals surface area contributed by atoms with Crippen molar-refractivity contribution in [2.75, 3.05) is 17.7 Å². The lowest BCUT2D eigenvalue weighted by Crippen LogP contribution is -2.14. The van der Waals surface area contributed by atoms with Gasteiger partial charge in [-0.15, -0.1) is 0 Å². The van der Waals surface area contributed by atoms with Crippen LogP contribution in [0.15, 0.2) is 42.5 Å². The van der Waals surface area contributed by atoms with Crippen LogP contribution in [0.1, 0.15) is 29.8 Å². The molecule has 0 unspecified atom stereocenters. The number of methoxy groups -OCH3 is 1. The van der Waals surface area contributed by atoms with E-state index in [0.29, 0.717) is 22.7 Å². The summed E-state index contributed by atoms with van der Waals surface area (Å²) in [5, 5.41) is 5.49. The average Bonchev–Trinajstić information content (AvgIpc) is 2.55. The summed E-state index contributed by atoms with van der Waals surface area (Å²) in [5.74, 6) is -0.0447. The molecule has 5 nitrogen and oxygen atoms in total. The maximum atomic E-state index is 12.5. The van der Waals surface area contributed by atoms with Gasteiger partial charge in [0.05, 0.1) is 12.7 Å². The van der Waals surface area contributed by atoms with E-state index in [-0.39, 0.29) is 11.8 Å². The number of benzene rings is 2. The lowest BCUT2D eigenvalue weighted by atomic mass is 10.1. The van der Waals surface area contributed by atoms with E-state index < -0.39 is 0 Å². The highest BCUT2D eigenvalue weighted by Gasteiger charge is 2.14. The molecule has 0 bridgehead atoms. The predicted octanol–water partition coefficient (Wildman–Crippen LogP) is 3.47. The Labute approximate surface area is 135 Å². The zero-order chi connectivity index (χ0) is 16.8. The van der Waals surface area contributed by atoms with Crippen LogP contribution in [-0.2, 0) is 11.2 Å². The van der Waals surface area contributed by atoms with Gasteiger partial charge in [-0.25, -0.2) is 0 Å². The lowest BCUT2D eigenvalue weighted by Gasteiger charge is -2.12. The first-order valence-electron chi connectivity index (χ1n) is 7.39. The van der Waals surface area contributed by atoms with Crippen molar-refractivity contribution < 1.29 is 14.3 Å². The standard InChI is InChI=1S/C18H20N2O3/c1-4-13-5-7-14(8-6-13)20-18(22)16-11-15(19-12(2)21)9-10-17(16)23-3/h5-11H,4H2,1-3H3,(H,19,21)(H,20,22). The molecule has 120 valence electrons. The van der Waals surface area contributed by atoms with Crippen molar-refractivity contribution in [3.05, 3.63) is 53.6 Å². The summed E-state index contributed by atoms with van der Waals surface area (Å²) in [7, 11) is 1.50. The third-order valence-corrected chi connectivity index (χ3v) is 3.38. The van der Waals surface area contributed by atoms with Crippen molar-refractivity contribution in [2.45, 2.75) is 20.3 Å². The number of amides is 2. The second-order valence-electron chi connectivity index (χ2n) is 5.10. The van der Waals surface area contributed by atoms with Gasteiger partial charge in [0.1, 0.15) is 5.75 Å². The minimum absolute atomic E-state index is 0.198. The molecule has 0 spiro atoms. The summed E-state index contributed by atoms with van der Waals surface area (Å²) < 4.78 is 5.23. The van der Waals surface area contributed by atoms with Gasteiger partial charge in [-0.05, 0) is 42.3 Å². The zero-order valence-corrected chi connectivity index (χ0v) is 13.5. The van der Waals surface area contributed by atoms with E-state index in [2.05, 4.69) is 17.6 Å². The van der Waals surface area contributed by atoms with Crippen molar-refractivity contribution in [3.63, 3.8) is 0 Å². The Morgan fingerprint density at radius 3 is 2.22 bits per heavy atom. The van der Waals surface area contributed by atoms with Crippen molar-refractivity contribution in [2.24, 2.45) is 0 Å². The van der Waals surface area contributed by atoms with E-state index in [1.807, 2.05) is 24.3 Å². The number of aryl methyl sites for hydroxylation is 1. The normalized spacial score (nSPS) is 10.0. The second-order valence-corrected chi connectivity index (χ2v) is 5.10. The van der Waals surface area contributed by atoms with E-state index in [1.54, 1.807) is 18.2 Å². The Kier molecular flexibility index (Phi) is 5.36. The van der Waals surface area contributed by atoms with E-state index in [0.717, 1.165) is 6.42 Å². The number of carbonyl (C=O) groups is 2. The van der Waals surface area contributed by atoms with Gasteiger partial charge in [0, 0.05) is 18.3 Å². The van der Waals surface area contributed by atoms with Crippen LogP contribution >= 0.6 is 0 Å². The molecule has 0 radical (unpaired) electrons. The van der Waals surface area contributed by atoms with Gasteiger partial charge >= 0.3 is 0 Å². The molecule has 2 aromatic rings. The molecule has 0 fully saturated rings. The largest absolute Gasteiger partial charge is 0.496 e. The molecule has 2 rings (SSSR count). The molecule has 23 heavy (non-hydrogen) atoms.